The zero-order valence-corrected chi connectivity index (χ0v) is 11.4. The topological polar surface area (TPSA) is 12.0 Å². The SMILES string of the molecule is CC(C)C[C@H](C)NCc1cc(Br)cs1. The number of halogens is 1. The summed E-state index contributed by atoms with van der Waals surface area (Å²) < 4.78 is 1.19. The molecule has 0 saturated heterocycles. The highest BCUT2D eigenvalue weighted by Gasteiger charge is 2.04. The van der Waals surface area contributed by atoms with Crippen LogP contribution in [0.1, 0.15) is 32.1 Å². The van der Waals surface area contributed by atoms with Gasteiger partial charge in [-0.3, -0.25) is 0 Å². The Balaban J connectivity index is 2.26. The Morgan fingerprint density at radius 1 is 1.43 bits per heavy atom. The summed E-state index contributed by atoms with van der Waals surface area (Å²) in [6, 6.07) is 2.79. The van der Waals surface area contributed by atoms with Gasteiger partial charge in [0.1, 0.15) is 0 Å². The van der Waals surface area contributed by atoms with Crippen molar-refractivity contribution in [1.29, 1.82) is 0 Å². The van der Waals surface area contributed by atoms with E-state index in [0.717, 1.165) is 12.5 Å². The molecule has 0 bridgehead atoms. The van der Waals surface area contributed by atoms with Gasteiger partial charge < -0.3 is 5.32 Å². The van der Waals surface area contributed by atoms with Gasteiger partial charge in [-0.25, -0.2) is 0 Å². The molecule has 0 amide bonds. The van der Waals surface area contributed by atoms with Crippen molar-refractivity contribution >= 4 is 27.3 Å². The van der Waals surface area contributed by atoms with E-state index in [0.29, 0.717) is 6.04 Å². The number of hydrogen-bond acceptors (Lipinski definition) is 2. The number of nitrogens with one attached hydrogen (secondary N) is 1. The Kier molecular flexibility index (Phi) is 5.13. The summed E-state index contributed by atoms with van der Waals surface area (Å²) in [5.41, 5.74) is 0. The normalized spacial score (nSPS) is 13.5. The standard InChI is InChI=1S/C11H18BrNS/c1-8(2)4-9(3)13-6-11-5-10(12)7-14-11/h5,7-9,13H,4,6H2,1-3H3/t9-/m0/s1. The van der Waals surface area contributed by atoms with Crippen molar-refractivity contribution in [3.63, 3.8) is 0 Å². The maximum Gasteiger partial charge on any atom is 0.0302 e. The molecule has 14 heavy (non-hydrogen) atoms. The van der Waals surface area contributed by atoms with E-state index in [4.69, 9.17) is 0 Å². The third-order valence-corrected chi connectivity index (χ3v) is 3.77. The predicted octanol–water partition coefficient (Wildman–Crippen LogP) is 4.03. The minimum atomic E-state index is 0.607. The molecule has 0 spiro atoms. The molecule has 1 rings (SSSR count). The first-order chi connectivity index (χ1) is 6.58. The van der Waals surface area contributed by atoms with Crippen molar-refractivity contribution in [3.8, 4) is 0 Å². The molecule has 0 aliphatic heterocycles. The first-order valence-electron chi connectivity index (χ1n) is 5.04. The average molecular weight is 276 g/mol. The quantitative estimate of drug-likeness (QED) is 0.856. The summed E-state index contributed by atoms with van der Waals surface area (Å²) in [5, 5.41) is 5.66. The van der Waals surface area contributed by atoms with Crippen molar-refractivity contribution in [2.24, 2.45) is 5.92 Å². The second kappa shape index (κ2) is 5.89. The van der Waals surface area contributed by atoms with Gasteiger partial charge in [-0.2, -0.15) is 0 Å². The van der Waals surface area contributed by atoms with Gasteiger partial charge in [0.05, 0.1) is 0 Å². The Bertz CT molecular complexity index is 270. The van der Waals surface area contributed by atoms with Crippen LogP contribution in [-0.2, 0) is 6.54 Å². The smallest absolute Gasteiger partial charge is 0.0302 e. The van der Waals surface area contributed by atoms with E-state index in [1.165, 1.54) is 15.8 Å². The molecule has 1 aromatic heterocycles. The van der Waals surface area contributed by atoms with Gasteiger partial charge in [-0.15, -0.1) is 11.3 Å². The fourth-order valence-electron chi connectivity index (χ4n) is 1.51. The first-order valence-corrected chi connectivity index (χ1v) is 6.71. The molecular weight excluding hydrogens is 258 g/mol. The molecule has 1 N–H and O–H groups in total. The van der Waals surface area contributed by atoms with Crippen LogP contribution in [-0.4, -0.2) is 6.04 Å². The van der Waals surface area contributed by atoms with Gasteiger partial charge in [0.2, 0.25) is 0 Å². The first kappa shape index (κ1) is 12.2. The molecule has 1 atom stereocenters. The van der Waals surface area contributed by atoms with Crippen LogP contribution >= 0.6 is 27.3 Å². The van der Waals surface area contributed by atoms with Gasteiger partial charge in [0.15, 0.2) is 0 Å². The molecule has 0 radical (unpaired) electrons. The Morgan fingerprint density at radius 2 is 2.14 bits per heavy atom. The lowest BCUT2D eigenvalue weighted by molar-refractivity contribution is 0.443. The Hall–Kier alpha value is 0.140. The van der Waals surface area contributed by atoms with Crippen LogP contribution in [0.5, 0.6) is 0 Å². The van der Waals surface area contributed by atoms with Crippen LogP contribution in [0.3, 0.4) is 0 Å². The lowest BCUT2D eigenvalue weighted by Crippen LogP contribution is -2.26. The number of rotatable bonds is 5. The molecular formula is C11H18BrNS. The predicted molar refractivity (Wildman–Crippen MR) is 67.8 cm³/mol. The van der Waals surface area contributed by atoms with E-state index >= 15 is 0 Å². The lowest BCUT2D eigenvalue weighted by atomic mass is 10.1. The van der Waals surface area contributed by atoms with Crippen molar-refractivity contribution in [1.82, 2.24) is 5.32 Å². The summed E-state index contributed by atoms with van der Waals surface area (Å²) in [4.78, 5) is 1.40. The Morgan fingerprint density at radius 3 is 2.64 bits per heavy atom. The lowest BCUT2D eigenvalue weighted by Gasteiger charge is -2.14. The largest absolute Gasteiger partial charge is 0.309 e. The van der Waals surface area contributed by atoms with E-state index in [9.17, 15) is 0 Å². The third kappa shape index (κ3) is 4.58. The Labute approximate surface area is 99.0 Å². The highest BCUT2D eigenvalue weighted by Crippen LogP contribution is 2.19. The summed E-state index contributed by atoms with van der Waals surface area (Å²) in [6.07, 6.45) is 1.24. The average Bonchev–Trinajstić information content (AvgIpc) is 2.47. The molecule has 80 valence electrons. The zero-order valence-electron chi connectivity index (χ0n) is 9.01. The van der Waals surface area contributed by atoms with Gasteiger partial charge in [0, 0.05) is 27.3 Å². The van der Waals surface area contributed by atoms with Crippen LogP contribution < -0.4 is 5.32 Å². The molecule has 0 saturated carbocycles. The van der Waals surface area contributed by atoms with Crippen LogP contribution in [0.15, 0.2) is 15.9 Å². The maximum atomic E-state index is 3.53. The number of hydrogen-bond donors (Lipinski definition) is 1. The number of thiophene rings is 1. The molecule has 0 unspecified atom stereocenters. The van der Waals surface area contributed by atoms with E-state index < -0.39 is 0 Å². The van der Waals surface area contributed by atoms with E-state index in [2.05, 4.69) is 53.5 Å². The van der Waals surface area contributed by atoms with Crippen LogP contribution in [0.25, 0.3) is 0 Å². The summed E-state index contributed by atoms with van der Waals surface area (Å²) >= 11 is 5.26. The highest BCUT2D eigenvalue weighted by molar-refractivity contribution is 9.10. The van der Waals surface area contributed by atoms with E-state index in [1.807, 2.05) is 0 Å². The van der Waals surface area contributed by atoms with Crippen molar-refractivity contribution in [3.05, 3.63) is 20.8 Å². The van der Waals surface area contributed by atoms with E-state index in [1.54, 1.807) is 11.3 Å². The third-order valence-electron chi connectivity index (χ3n) is 2.07. The molecule has 3 heteroatoms. The molecule has 0 fully saturated rings. The van der Waals surface area contributed by atoms with Crippen molar-refractivity contribution in [2.75, 3.05) is 0 Å². The van der Waals surface area contributed by atoms with Gasteiger partial charge in [0.25, 0.3) is 0 Å². The second-order valence-electron chi connectivity index (χ2n) is 4.14. The van der Waals surface area contributed by atoms with Crippen molar-refractivity contribution < 1.29 is 0 Å². The summed E-state index contributed by atoms with van der Waals surface area (Å²) in [5.74, 6) is 0.771. The fourth-order valence-corrected chi connectivity index (χ4v) is 2.91. The minimum Gasteiger partial charge on any atom is -0.309 e. The van der Waals surface area contributed by atoms with Crippen LogP contribution in [0, 0.1) is 5.92 Å². The molecule has 1 heterocycles. The van der Waals surface area contributed by atoms with Crippen molar-refractivity contribution in [2.45, 2.75) is 39.8 Å². The van der Waals surface area contributed by atoms with Gasteiger partial charge >= 0.3 is 0 Å². The molecule has 0 aromatic carbocycles. The van der Waals surface area contributed by atoms with Gasteiger partial charge in [-0.05, 0) is 41.3 Å². The minimum absolute atomic E-state index is 0.607. The van der Waals surface area contributed by atoms with Crippen LogP contribution in [0.2, 0.25) is 0 Å². The molecule has 0 aliphatic carbocycles. The summed E-state index contributed by atoms with van der Waals surface area (Å²) in [7, 11) is 0. The van der Waals surface area contributed by atoms with Crippen LogP contribution in [0.4, 0.5) is 0 Å². The van der Waals surface area contributed by atoms with E-state index in [-0.39, 0.29) is 0 Å². The molecule has 1 aromatic rings. The fraction of sp³-hybridized carbons (Fsp3) is 0.636. The second-order valence-corrected chi connectivity index (χ2v) is 6.05. The molecule has 0 aliphatic rings. The molecule has 1 nitrogen and oxygen atoms in total. The highest BCUT2D eigenvalue weighted by atomic mass is 79.9. The van der Waals surface area contributed by atoms with Gasteiger partial charge in [-0.1, -0.05) is 13.8 Å². The summed E-state index contributed by atoms with van der Waals surface area (Å²) in [6.45, 7) is 7.77. The maximum absolute atomic E-state index is 3.53. The monoisotopic (exact) mass is 275 g/mol. The zero-order chi connectivity index (χ0) is 10.6.